The van der Waals surface area contributed by atoms with E-state index in [0.29, 0.717) is 18.5 Å². The number of amides is 1. The van der Waals surface area contributed by atoms with Crippen molar-refractivity contribution in [2.24, 2.45) is 5.92 Å². The molecule has 0 spiro atoms. The van der Waals surface area contributed by atoms with Crippen molar-refractivity contribution in [3.63, 3.8) is 0 Å². The van der Waals surface area contributed by atoms with Crippen LogP contribution in [0.15, 0.2) is 12.2 Å². The topological polar surface area (TPSA) is 55.8 Å². The fourth-order valence-corrected chi connectivity index (χ4v) is 2.98. The van der Waals surface area contributed by atoms with Gasteiger partial charge in [0.05, 0.1) is 7.11 Å². The summed E-state index contributed by atoms with van der Waals surface area (Å²) >= 11 is 5.82. The third kappa shape index (κ3) is 4.15. The number of ether oxygens (including phenoxy) is 2. The van der Waals surface area contributed by atoms with Gasteiger partial charge in [-0.1, -0.05) is 19.1 Å². The van der Waals surface area contributed by atoms with E-state index in [1.807, 2.05) is 6.92 Å². The number of hydrogen-bond acceptors (Lipinski definition) is 4. The van der Waals surface area contributed by atoms with Crippen LogP contribution in [0.25, 0.3) is 0 Å². The number of esters is 1. The maximum Gasteiger partial charge on any atom is 0.411 e. The fraction of sp³-hybridized carbons (Fsp3) is 0.750. The van der Waals surface area contributed by atoms with Crippen molar-refractivity contribution >= 4 is 23.7 Å². The number of halogens is 1. The van der Waals surface area contributed by atoms with Crippen molar-refractivity contribution in [2.45, 2.75) is 51.7 Å². The van der Waals surface area contributed by atoms with Crippen molar-refractivity contribution in [1.29, 1.82) is 0 Å². The van der Waals surface area contributed by atoms with Crippen LogP contribution in [0.4, 0.5) is 4.79 Å². The number of carbonyl (C=O) groups excluding carboxylic acids is 2. The lowest BCUT2D eigenvalue weighted by molar-refractivity contribution is -0.153. The summed E-state index contributed by atoms with van der Waals surface area (Å²) in [4.78, 5) is 26.5. The van der Waals surface area contributed by atoms with Crippen LogP contribution in [0, 0.1) is 5.92 Å². The maximum atomic E-state index is 12.5. The minimum atomic E-state index is -1.08. The van der Waals surface area contributed by atoms with Gasteiger partial charge in [-0.15, -0.1) is 11.6 Å². The molecule has 0 radical (unpaired) electrons. The summed E-state index contributed by atoms with van der Waals surface area (Å²) in [6.07, 6.45) is 0.284. The van der Waals surface area contributed by atoms with Crippen LogP contribution in [-0.2, 0) is 14.3 Å². The second-order valence-electron chi connectivity index (χ2n) is 6.98. The molecule has 0 aliphatic carbocycles. The normalized spacial score (nSPS) is 25.0. The molecule has 2 atom stereocenters. The van der Waals surface area contributed by atoms with Gasteiger partial charge >= 0.3 is 12.1 Å². The molecule has 126 valence electrons. The van der Waals surface area contributed by atoms with Crippen LogP contribution < -0.4 is 0 Å². The highest BCUT2D eigenvalue weighted by Crippen LogP contribution is 2.40. The van der Waals surface area contributed by atoms with Gasteiger partial charge in [-0.05, 0) is 33.1 Å². The third-order valence-corrected chi connectivity index (χ3v) is 3.99. The van der Waals surface area contributed by atoms with E-state index >= 15 is 0 Å². The Hall–Kier alpha value is -1.23. The summed E-state index contributed by atoms with van der Waals surface area (Å²) in [7, 11) is 1.32. The van der Waals surface area contributed by atoms with Gasteiger partial charge in [0.2, 0.25) is 0 Å². The number of alkyl halides is 1. The molecule has 0 bridgehead atoms. The SMILES string of the molecule is C=C(CCl)C[C@]1(C(=O)OC)C[C@H](C)CN1C(=O)OC(C)(C)C. The maximum absolute atomic E-state index is 12.5. The minimum Gasteiger partial charge on any atom is -0.467 e. The standard InChI is InChI=1S/C16H26ClNO4/c1-11(9-17)7-16(13(19)21-6)8-12(2)10-18(16)14(20)22-15(3,4)5/h12H,1,7-10H2,2-6H3/t12-,16+/m0/s1. The first-order valence-electron chi connectivity index (χ1n) is 7.37. The lowest BCUT2D eigenvalue weighted by Gasteiger charge is -2.37. The van der Waals surface area contributed by atoms with Crippen molar-refractivity contribution in [2.75, 3.05) is 19.5 Å². The Morgan fingerprint density at radius 3 is 2.45 bits per heavy atom. The largest absolute Gasteiger partial charge is 0.467 e. The highest BCUT2D eigenvalue weighted by Gasteiger charge is 2.54. The van der Waals surface area contributed by atoms with E-state index in [-0.39, 0.29) is 18.2 Å². The molecule has 0 aromatic heterocycles. The number of rotatable bonds is 4. The quantitative estimate of drug-likeness (QED) is 0.450. The Morgan fingerprint density at radius 1 is 1.41 bits per heavy atom. The molecule has 1 heterocycles. The van der Waals surface area contributed by atoms with Crippen molar-refractivity contribution in [3.05, 3.63) is 12.2 Å². The number of nitrogens with zero attached hydrogens (tertiary/aromatic N) is 1. The van der Waals surface area contributed by atoms with Gasteiger partial charge < -0.3 is 9.47 Å². The number of carbonyl (C=O) groups is 2. The van der Waals surface area contributed by atoms with Crippen molar-refractivity contribution in [1.82, 2.24) is 4.90 Å². The molecule has 0 aromatic carbocycles. The first kappa shape index (κ1) is 18.8. The molecule has 0 unspecified atom stereocenters. The van der Waals surface area contributed by atoms with E-state index < -0.39 is 23.2 Å². The van der Waals surface area contributed by atoms with Gasteiger partial charge in [-0.2, -0.15) is 0 Å². The Balaban J connectivity index is 3.17. The summed E-state index contributed by atoms with van der Waals surface area (Å²) < 4.78 is 10.4. The van der Waals surface area contributed by atoms with Crippen molar-refractivity contribution < 1.29 is 19.1 Å². The van der Waals surface area contributed by atoms with Crippen LogP contribution >= 0.6 is 11.6 Å². The number of hydrogen-bond donors (Lipinski definition) is 0. The van der Waals surface area contributed by atoms with Crippen LogP contribution in [0.3, 0.4) is 0 Å². The Labute approximate surface area is 137 Å². The zero-order chi connectivity index (χ0) is 17.1. The summed E-state index contributed by atoms with van der Waals surface area (Å²) in [5, 5.41) is 0. The molecule has 6 heteroatoms. The van der Waals surface area contributed by atoms with E-state index in [4.69, 9.17) is 21.1 Å². The highest BCUT2D eigenvalue weighted by molar-refractivity contribution is 6.19. The molecule has 1 amide bonds. The second-order valence-corrected chi connectivity index (χ2v) is 7.25. The van der Waals surface area contributed by atoms with Crippen LogP contribution in [0.1, 0.15) is 40.5 Å². The van der Waals surface area contributed by atoms with Gasteiger partial charge in [0.25, 0.3) is 0 Å². The molecule has 0 saturated carbocycles. The summed E-state index contributed by atoms with van der Waals surface area (Å²) in [5.41, 5.74) is -1.02. The average molecular weight is 332 g/mol. The predicted octanol–water partition coefficient (Wildman–Crippen LogP) is 3.36. The van der Waals surface area contributed by atoms with Crippen LogP contribution in [0.5, 0.6) is 0 Å². The van der Waals surface area contributed by atoms with E-state index in [2.05, 4.69) is 6.58 Å². The molecular formula is C16H26ClNO4. The second kappa shape index (κ2) is 6.90. The molecule has 5 nitrogen and oxygen atoms in total. The molecular weight excluding hydrogens is 306 g/mol. The third-order valence-electron chi connectivity index (χ3n) is 3.61. The number of methoxy groups -OCH3 is 1. The zero-order valence-corrected chi connectivity index (χ0v) is 14.8. The van der Waals surface area contributed by atoms with Gasteiger partial charge in [0, 0.05) is 18.8 Å². The van der Waals surface area contributed by atoms with Gasteiger partial charge in [-0.25, -0.2) is 9.59 Å². The average Bonchev–Trinajstić information content (AvgIpc) is 2.73. The Kier molecular flexibility index (Phi) is 5.90. The van der Waals surface area contributed by atoms with Crippen LogP contribution in [0.2, 0.25) is 0 Å². The molecule has 0 aromatic rings. The molecule has 1 rings (SSSR count). The Bertz CT molecular complexity index is 458. The summed E-state index contributed by atoms with van der Waals surface area (Å²) in [6.45, 7) is 11.7. The first-order chi connectivity index (χ1) is 10.1. The molecule has 1 fully saturated rings. The minimum absolute atomic E-state index is 0.162. The monoisotopic (exact) mass is 331 g/mol. The van der Waals surface area contributed by atoms with Crippen molar-refractivity contribution in [3.8, 4) is 0 Å². The van der Waals surface area contributed by atoms with Gasteiger partial charge in [0.15, 0.2) is 0 Å². The molecule has 0 N–H and O–H groups in total. The summed E-state index contributed by atoms with van der Waals surface area (Å²) in [6, 6.07) is 0. The zero-order valence-electron chi connectivity index (χ0n) is 14.1. The van der Waals surface area contributed by atoms with Crippen LogP contribution in [-0.4, -0.2) is 47.6 Å². The Morgan fingerprint density at radius 2 is 2.00 bits per heavy atom. The highest BCUT2D eigenvalue weighted by atomic mass is 35.5. The molecule has 22 heavy (non-hydrogen) atoms. The molecule has 1 saturated heterocycles. The lowest BCUT2D eigenvalue weighted by atomic mass is 9.86. The van der Waals surface area contributed by atoms with E-state index in [0.717, 1.165) is 0 Å². The van der Waals surface area contributed by atoms with E-state index in [1.165, 1.54) is 12.0 Å². The smallest absolute Gasteiger partial charge is 0.411 e. The lowest BCUT2D eigenvalue weighted by Crippen LogP contribution is -2.55. The molecule has 1 aliphatic heterocycles. The van der Waals surface area contributed by atoms with E-state index in [9.17, 15) is 9.59 Å². The van der Waals surface area contributed by atoms with E-state index in [1.54, 1.807) is 20.8 Å². The first-order valence-corrected chi connectivity index (χ1v) is 7.91. The summed E-state index contributed by atoms with van der Waals surface area (Å²) in [5.74, 6) is -0.0568. The predicted molar refractivity (Wildman–Crippen MR) is 85.9 cm³/mol. The fourth-order valence-electron chi connectivity index (χ4n) is 2.89. The number of likely N-dealkylation sites (tertiary alicyclic amines) is 1. The van der Waals surface area contributed by atoms with Gasteiger partial charge in [-0.3, -0.25) is 4.90 Å². The van der Waals surface area contributed by atoms with Gasteiger partial charge in [0.1, 0.15) is 11.1 Å². The molecule has 1 aliphatic rings.